The van der Waals surface area contributed by atoms with Gasteiger partial charge in [0, 0.05) is 35.8 Å². The minimum absolute atomic E-state index is 0.664. The maximum atomic E-state index is 5.02. The van der Waals surface area contributed by atoms with Crippen molar-refractivity contribution in [2.45, 2.75) is 40.0 Å². The maximum Gasteiger partial charge on any atom is 0.236 e. The number of hydrogen-bond acceptors (Lipinski definition) is 4. The van der Waals surface area contributed by atoms with Gasteiger partial charge >= 0.3 is 0 Å². The fraction of sp³-hybridized carbons (Fsp3) is 0.241. The van der Waals surface area contributed by atoms with Crippen molar-refractivity contribution in [3.63, 3.8) is 0 Å². The predicted molar refractivity (Wildman–Crippen MR) is 142 cm³/mol. The Labute approximate surface area is 198 Å². The molecule has 0 saturated heterocycles. The molecule has 3 aromatic rings. The monoisotopic (exact) mass is 438 g/mol. The van der Waals surface area contributed by atoms with E-state index in [9.17, 15) is 0 Å². The summed E-state index contributed by atoms with van der Waals surface area (Å²) in [6.45, 7) is 10.1. The molecule has 0 aliphatic heterocycles. The Morgan fingerprint density at radius 1 is 0.939 bits per heavy atom. The number of rotatable bonds is 6. The van der Waals surface area contributed by atoms with E-state index in [2.05, 4.69) is 66.1 Å². The molecule has 170 valence electrons. The zero-order valence-electron chi connectivity index (χ0n) is 20.2. The van der Waals surface area contributed by atoms with E-state index >= 15 is 0 Å². The van der Waals surface area contributed by atoms with Crippen molar-refractivity contribution in [1.29, 1.82) is 0 Å². The second kappa shape index (κ2) is 11.8. The van der Waals surface area contributed by atoms with Crippen LogP contribution in [0.1, 0.15) is 40.0 Å². The SMILES string of the molecule is C=C(C)N(C)c1cc(-c2ccccc2)nc(N(C2=CC=CCCC2)c2ccccc2)n1.CC. The minimum atomic E-state index is 0.664. The molecule has 2 aromatic carbocycles. The second-order valence-electron chi connectivity index (χ2n) is 7.72. The summed E-state index contributed by atoms with van der Waals surface area (Å²) in [4.78, 5) is 14.2. The molecule has 1 heterocycles. The summed E-state index contributed by atoms with van der Waals surface area (Å²) in [5, 5.41) is 0. The Kier molecular flexibility index (Phi) is 8.59. The van der Waals surface area contributed by atoms with Gasteiger partial charge in [-0.05, 0) is 44.4 Å². The van der Waals surface area contributed by atoms with Crippen LogP contribution in [0.3, 0.4) is 0 Å². The molecule has 4 heteroatoms. The van der Waals surface area contributed by atoms with Crippen LogP contribution in [0.2, 0.25) is 0 Å². The van der Waals surface area contributed by atoms with E-state index < -0.39 is 0 Å². The molecule has 4 nitrogen and oxygen atoms in total. The summed E-state index contributed by atoms with van der Waals surface area (Å²) >= 11 is 0. The molecule has 0 fully saturated rings. The lowest BCUT2D eigenvalue weighted by Gasteiger charge is -2.27. The Morgan fingerprint density at radius 2 is 1.61 bits per heavy atom. The zero-order valence-corrected chi connectivity index (χ0v) is 20.2. The number of anilines is 3. The van der Waals surface area contributed by atoms with Crippen molar-refractivity contribution in [2.24, 2.45) is 0 Å². The van der Waals surface area contributed by atoms with Gasteiger partial charge in [-0.15, -0.1) is 0 Å². The van der Waals surface area contributed by atoms with Crippen molar-refractivity contribution in [1.82, 2.24) is 9.97 Å². The molecule has 0 spiro atoms. The van der Waals surface area contributed by atoms with Crippen LogP contribution in [-0.4, -0.2) is 17.0 Å². The number of aromatic nitrogens is 2. The minimum Gasteiger partial charge on any atom is -0.334 e. The van der Waals surface area contributed by atoms with Crippen LogP contribution >= 0.6 is 0 Å². The zero-order chi connectivity index (χ0) is 23.6. The van der Waals surface area contributed by atoms with Gasteiger partial charge in [0.2, 0.25) is 5.95 Å². The van der Waals surface area contributed by atoms with Crippen LogP contribution in [0, 0.1) is 0 Å². The normalized spacial score (nSPS) is 12.7. The summed E-state index contributed by atoms with van der Waals surface area (Å²) in [6, 6.07) is 22.6. The number of allylic oxidation sites excluding steroid dienone is 5. The van der Waals surface area contributed by atoms with E-state index in [0.717, 1.165) is 47.7 Å². The third-order valence-corrected chi connectivity index (χ3v) is 5.42. The highest BCUT2D eigenvalue weighted by Crippen LogP contribution is 2.34. The van der Waals surface area contributed by atoms with Gasteiger partial charge in [0.25, 0.3) is 0 Å². The average Bonchev–Trinajstić information content (AvgIpc) is 3.15. The van der Waals surface area contributed by atoms with E-state index in [1.54, 1.807) is 0 Å². The Bertz CT molecular complexity index is 1100. The van der Waals surface area contributed by atoms with Crippen LogP contribution in [0.25, 0.3) is 11.3 Å². The molecule has 1 aliphatic carbocycles. The fourth-order valence-corrected chi connectivity index (χ4v) is 3.58. The van der Waals surface area contributed by atoms with E-state index in [-0.39, 0.29) is 0 Å². The largest absolute Gasteiger partial charge is 0.334 e. The molecule has 0 unspecified atom stereocenters. The quantitative estimate of drug-likeness (QED) is 0.391. The highest BCUT2D eigenvalue weighted by Gasteiger charge is 2.20. The first kappa shape index (κ1) is 24.0. The molecule has 0 atom stereocenters. The molecule has 1 aliphatic rings. The standard InChI is InChI=1S/C27H28N4.C2H6/c1-21(2)30(3)26-20-25(22-14-8-6-9-15-22)28-27(29-26)31(24-18-12-7-13-19-24)23-16-10-4-5-11-17-23;1-2/h4,6-10,12-16,18-20H,1,5,11,17H2,2-3H3;1-2H3. The summed E-state index contributed by atoms with van der Waals surface area (Å²) < 4.78 is 0. The second-order valence-corrected chi connectivity index (χ2v) is 7.72. The molecular formula is C29H34N4. The first-order chi connectivity index (χ1) is 16.1. The molecule has 0 bridgehead atoms. The fourth-order valence-electron chi connectivity index (χ4n) is 3.58. The van der Waals surface area contributed by atoms with E-state index in [1.165, 1.54) is 5.70 Å². The van der Waals surface area contributed by atoms with E-state index in [0.29, 0.717) is 5.95 Å². The number of benzene rings is 2. The number of para-hydroxylation sites is 1. The van der Waals surface area contributed by atoms with Crippen LogP contribution in [0.4, 0.5) is 17.5 Å². The third kappa shape index (κ3) is 5.98. The molecule has 4 rings (SSSR count). The Balaban J connectivity index is 0.00000149. The van der Waals surface area contributed by atoms with Gasteiger partial charge in [0.15, 0.2) is 0 Å². The Morgan fingerprint density at radius 3 is 2.27 bits per heavy atom. The summed E-state index contributed by atoms with van der Waals surface area (Å²) in [5.74, 6) is 1.49. The lowest BCUT2D eigenvalue weighted by Crippen LogP contribution is -2.22. The average molecular weight is 439 g/mol. The summed E-state index contributed by atoms with van der Waals surface area (Å²) in [6.07, 6.45) is 9.69. The van der Waals surface area contributed by atoms with Crippen LogP contribution < -0.4 is 9.80 Å². The van der Waals surface area contributed by atoms with Crippen molar-refractivity contribution >= 4 is 17.5 Å². The van der Waals surface area contributed by atoms with Gasteiger partial charge in [0.1, 0.15) is 5.82 Å². The smallest absolute Gasteiger partial charge is 0.236 e. The number of nitrogens with zero attached hydrogens (tertiary/aromatic N) is 4. The van der Waals surface area contributed by atoms with Gasteiger partial charge in [-0.2, -0.15) is 4.98 Å². The van der Waals surface area contributed by atoms with Crippen LogP contribution in [0.5, 0.6) is 0 Å². The van der Waals surface area contributed by atoms with Gasteiger partial charge in [-0.1, -0.05) is 81.1 Å². The van der Waals surface area contributed by atoms with E-state index in [4.69, 9.17) is 9.97 Å². The molecular weight excluding hydrogens is 404 g/mol. The van der Waals surface area contributed by atoms with Crippen LogP contribution in [-0.2, 0) is 0 Å². The summed E-state index contributed by atoms with van der Waals surface area (Å²) in [5.41, 5.74) is 5.11. The van der Waals surface area contributed by atoms with Gasteiger partial charge in [0.05, 0.1) is 5.69 Å². The highest BCUT2D eigenvalue weighted by molar-refractivity contribution is 5.70. The lowest BCUT2D eigenvalue weighted by atomic mass is 10.1. The molecule has 1 aromatic heterocycles. The topological polar surface area (TPSA) is 32.3 Å². The van der Waals surface area contributed by atoms with Crippen molar-refractivity contribution in [2.75, 3.05) is 16.8 Å². The highest BCUT2D eigenvalue weighted by atomic mass is 15.3. The molecule has 0 amide bonds. The predicted octanol–water partition coefficient (Wildman–Crippen LogP) is 7.90. The summed E-state index contributed by atoms with van der Waals surface area (Å²) in [7, 11) is 1.99. The Hall–Kier alpha value is -3.66. The number of hydrogen-bond donors (Lipinski definition) is 0. The van der Waals surface area contributed by atoms with Crippen molar-refractivity contribution < 1.29 is 0 Å². The lowest BCUT2D eigenvalue weighted by molar-refractivity contribution is 0.814. The van der Waals surface area contributed by atoms with Crippen molar-refractivity contribution in [3.8, 4) is 11.3 Å². The first-order valence-corrected chi connectivity index (χ1v) is 11.7. The first-order valence-electron chi connectivity index (χ1n) is 11.7. The van der Waals surface area contributed by atoms with Crippen LogP contribution in [0.15, 0.2) is 103 Å². The molecule has 0 radical (unpaired) electrons. The van der Waals surface area contributed by atoms with Gasteiger partial charge in [-0.3, -0.25) is 4.90 Å². The third-order valence-electron chi connectivity index (χ3n) is 5.42. The molecule has 0 N–H and O–H groups in total. The van der Waals surface area contributed by atoms with E-state index in [1.807, 2.05) is 63.1 Å². The molecule has 33 heavy (non-hydrogen) atoms. The molecule has 0 saturated carbocycles. The van der Waals surface area contributed by atoms with Gasteiger partial charge < -0.3 is 4.90 Å². The van der Waals surface area contributed by atoms with Crippen molar-refractivity contribution in [3.05, 3.63) is 103 Å². The maximum absolute atomic E-state index is 5.02. The van der Waals surface area contributed by atoms with Gasteiger partial charge in [-0.25, -0.2) is 4.98 Å².